The van der Waals surface area contributed by atoms with Gasteiger partial charge in [-0.25, -0.2) is 9.37 Å². The number of hydrogen-bond donors (Lipinski definition) is 1. The molecule has 2 aromatic heterocycles. The van der Waals surface area contributed by atoms with Gasteiger partial charge in [-0.3, -0.25) is 4.79 Å². The summed E-state index contributed by atoms with van der Waals surface area (Å²) in [5.41, 5.74) is 2.76. The number of fused-ring (bicyclic) bond motifs is 1. The lowest BCUT2D eigenvalue weighted by atomic mass is 9.90. The van der Waals surface area contributed by atoms with Crippen LogP contribution in [0.25, 0.3) is 21.5 Å². The summed E-state index contributed by atoms with van der Waals surface area (Å²) in [7, 11) is 0. The first-order chi connectivity index (χ1) is 16.0. The van der Waals surface area contributed by atoms with Gasteiger partial charge in [0.1, 0.15) is 17.0 Å². The summed E-state index contributed by atoms with van der Waals surface area (Å²) in [6.45, 7) is 5.27. The first-order valence-corrected chi connectivity index (χ1v) is 11.9. The lowest BCUT2D eigenvalue weighted by molar-refractivity contribution is 0.0534. The van der Waals surface area contributed by atoms with Crippen LogP contribution in [0.2, 0.25) is 0 Å². The van der Waals surface area contributed by atoms with Crippen molar-refractivity contribution in [1.82, 2.24) is 14.9 Å². The molecule has 2 atom stereocenters. The standard InChI is InChI=1S/C25H25FN4O2S/c1-15-6-5-13-30(20(15)14-27-25-29-19-7-3-4-8-21(19)32-25)24(31)22-23(33-16(2)28-22)17-9-11-18(26)12-10-17/h3-4,7-12,15,20H,5-6,13-14H2,1-2H3,(H,27,29)/t15-,20?/m1/s1. The van der Waals surface area contributed by atoms with E-state index in [1.54, 1.807) is 12.1 Å². The van der Waals surface area contributed by atoms with Gasteiger partial charge in [0.15, 0.2) is 5.58 Å². The highest BCUT2D eigenvalue weighted by molar-refractivity contribution is 7.15. The fraction of sp³-hybridized carbons (Fsp3) is 0.320. The Hall–Kier alpha value is -3.26. The van der Waals surface area contributed by atoms with Crippen LogP contribution in [0.4, 0.5) is 10.4 Å². The average molecular weight is 465 g/mol. The van der Waals surface area contributed by atoms with Gasteiger partial charge in [-0.15, -0.1) is 11.3 Å². The number of likely N-dealkylation sites (tertiary alicyclic amines) is 1. The number of rotatable bonds is 5. The molecule has 5 rings (SSSR count). The van der Waals surface area contributed by atoms with Crippen molar-refractivity contribution in [3.8, 4) is 10.4 Å². The van der Waals surface area contributed by atoms with Gasteiger partial charge in [0.2, 0.25) is 0 Å². The van der Waals surface area contributed by atoms with E-state index in [2.05, 4.69) is 22.2 Å². The number of aromatic nitrogens is 2. The summed E-state index contributed by atoms with van der Waals surface area (Å²) in [6.07, 6.45) is 1.99. The van der Waals surface area contributed by atoms with Crippen molar-refractivity contribution in [2.45, 2.75) is 32.7 Å². The van der Waals surface area contributed by atoms with E-state index in [4.69, 9.17) is 4.42 Å². The Morgan fingerprint density at radius 1 is 1.21 bits per heavy atom. The van der Waals surface area contributed by atoms with Crippen LogP contribution in [0.15, 0.2) is 52.9 Å². The topological polar surface area (TPSA) is 71.3 Å². The second-order valence-corrected chi connectivity index (χ2v) is 9.67. The Balaban J connectivity index is 1.39. The molecule has 1 amide bonds. The van der Waals surface area contributed by atoms with E-state index in [9.17, 15) is 9.18 Å². The maximum atomic E-state index is 13.7. The highest BCUT2D eigenvalue weighted by Gasteiger charge is 2.34. The van der Waals surface area contributed by atoms with Crippen molar-refractivity contribution >= 4 is 34.4 Å². The number of nitrogens with one attached hydrogen (secondary N) is 1. The number of oxazole rings is 1. The van der Waals surface area contributed by atoms with Crippen molar-refractivity contribution in [3.63, 3.8) is 0 Å². The lowest BCUT2D eigenvalue weighted by Gasteiger charge is -2.39. The average Bonchev–Trinajstić information content (AvgIpc) is 3.41. The highest BCUT2D eigenvalue weighted by atomic mass is 32.1. The van der Waals surface area contributed by atoms with Crippen LogP contribution in [0.3, 0.4) is 0 Å². The molecule has 6 nitrogen and oxygen atoms in total. The second-order valence-electron chi connectivity index (χ2n) is 8.47. The summed E-state index contributed by atoms with van der Waals surface area (Å²) in [4.78, 5) is 25.5. The summed E-state index contributed by atoms with van der Waals surface area (Å²) in [6, 6.07) is 14.3. The van der Waals surface area contributed by atoms with Crippen LogP contribution >= 0.6 is 11.3 Å². The number of nitrogens with zero attached hydrogens (tertiary/aromatic N) is 3. The van der Waals surface area contributed by atoms with Gasteiger partial charge in [-0.1, -0.05) is 31.2 Å². The largest absolute Gasteiger partial charge is 0.424 e. The number of benzene rings is 2. The number of carbonyl (C=O) groups excluding carboxylic acids is 1. The molecule has 1 N–H and O–H groups in total. The van der Waals surface area contributed by atoms with E-state index >= 15 is 0 Å². The molecule has 1 unspecified atom stereocenters. The van der Waals surface area contributed by atoms with E-state index < -0.39 is 0 Å². The van der Waals surface area contributed by atoms with Crippen molar-refractivity contribution in [1.29, 1.82) is 0 Å². The number of carbonyl (C=O) groups is 1. The summed E-state index contributed by atoms with van der Waals surface area (Å²) < 4.78 is 19.2. The molecule has 1 fully saturated rings. The maximum Gasteiger partial charge on any atom is 0.295 e. The van der Waals surface area contributed by atoms with E-state index in [1.165, 1.54) is 23.5 Å². The summed E-state index contributed by atoms with van der Waals surface area (Å²) in [5, 5.41) is 4.11. The van der Waals surface area contributed by atoms with Gasteiger partial charge in [0.25, 0.3) is 11.9 Å². The summed E-state index contributed by atoms with van der Waals surface area (Å²) >= 11 is 1.46. The highest BCUT2D eigenvalue weighted by Crippen LogP contribution is 2.33. The van der Waals surface area contributed by atoms with Gasteiger partial charge >= 0.3 is 0 Å². The Morgan fingerprint density at radius 3 is 2.79 bits per heavy atom. The Kier molecular flexibility index (Phi) is 5.85. The number of hydrogen-bond acceptors (Lipinski definition) is 6. The zero-order chi connectivity index (χ0) is 22.9. The molecule has 0 spiro atoms. The molecule has 0 saturated carbocycles. The van der Waals surface area contributed by atoms with E-state index in [0.717, 1.165) is 39.4 Å². The molecule has 0 aliphatic carbocycles. The molecular weight excluding hydrogens is 439 g/mol. The van der Waals surface area contributed by atoms with Gasteiger partial charge in [-0.05, 0) is 55.5 Å². The monoisotopic (exact) mass is 464 g/mol. The van der Waals surface area contributed by atoms with E-state index in [-0.39, 0.29) is 17.8 Å². The van der Waals surface area contributed by atoms with Crippen LogP contribution in [-0.4, -0.2) is 39.9 Å². The van der Waals surface area contributed by atoms with Gasteiger partial charge in [-0.2, -0.15) is 4.98 Å². The summed E-state index contributed by atoms with van der Waals surface area (Å²) in [5.74, 6) is -0.0776. The quantitative estimate of drug-likeness (QED) is 0.407. The lowest BCUT2D eigenvalue weighted by Crippen LogP contribution is -2.51. The first-order valence-electron chi connectivity index (χ1n) is 11.1. The van der Waals surface area contributed by atoms with Crippen LogP contribution in [0.1, 0.15) is 35.3 Å². The molecule has 0 bridgehead atoms. The maximum absolute atomic E-state index is 13.7. The fourth-order valence-corrected chi connectivity index (χ4v) is 5.37. The van der Waals surface area contributed by atoms with Gasteiger partial charge in [0, 0.05) is 13.1 Å². The third kappa shape index (κ3) is 4.35. The molecule has 4 aromatic rings. The first kappa shape index (κ1) is 21.6. The van der Waals surface area contributed by atoms with Crippen molar-refractivity contribution in [2.24, 2.45) is 5.92 Å². The minimum atomic E-state index is -0.303. The van der Waals surface area contributed by atoms with Crippen LogP contribution in [0, 0.1) is 18.7 Å². The van der Waals surface area contributed by atoms with Gasteiger partial charge in [0.05, 0.1) is 15.9 Å². The smallest absolute Gasteiger partial charge is 0.295 e. The fourth-order valence-electron chi connectivity index (χ4n) is 4.46. The van der Waals surface area contributed by atoms with Crippen LogP contribution in [0.5, 0.6) is 0 Å². The molecule has 33 heavy (non-hydrogen) atoms. The molecule has 1 aliphatic rings. The van der Waals surface area contributed by atoms with E-state index in [0.29, 0.717) is 30.7 Å². The molecule has 0 radical (unpaired) electrons. The molecular formula is C25H25FN4O2S. The van der Waals surface area contributed by atoms with Crippen LogP contribution in [-0.2, 0) is 0 Å². The van der Waals surface area contributed by atoms with Crippen molar-refractivity contribution in [3.05, 3.63) is 65.0 Å². The number of piperidine rings is 1. The SMILES string of the molecule is Cc1nc(C(=O)N2CCC[C@@H](C)C2CNc2nc3ccccc3o2)c(-c2ccc(F)cc2)s1. The van der Waals surface area contributed by atoms with Crippen molar-refractivity contribution < 1.29 is 13.6 Å². The number of halogens is 1. The molecule has 2 aromatic carbocycles. The van der Waals surface area contributed by atoms with E-state index in [1.807, 2.05) is 36.1 Å². The molecule has 1 saturated heterocycles. The molecule has 3 heterocycles. The number of thiazole rings is 1. The zero-order valence-electron chi connectivity index (χ0n) is 18.5. The Bertz CT molecular complexity index is 1250. The number of amides is 1. The van der Waals surface area contributed by atoms with Crippen LogP contribution < -0.4 is 5.32 Å². The second kappa shape index (κ2) is 8.94. The third-order valence-corrected chi connectivity index (χ3v) is 7.20. The minimum Gasteiger partial charge on any atom is -0.424 e. The molecule has 1 aliphatic heterocycles. The normalized spacial score (nSPS) is 18.6. The van der Waals surface area contributed by atoms with Crippen molar-refractivity contribution in [2.75, 3.05) is 18.4 Å². The van der Waals surface area contributed by atoms with Gasteiger partial charge < -0.3 is 14.6 Å². The third-order valence-electron chi connectivity index (χ3n) is 6.18. The predicted octanol–water partition coefficient (Wildman–Crippen LogP) is 5.75. The zero-order valence-corrected chi connectivity index (χ0v) is 19.4. The number of para-hydroxylation sites is 2. The Labute approximate surface area is 195 Å². The number of anilines is 1. The minimum absolute atomic E-state index is 0.0238. The molecule has 8 heteroatoms. The number of aryl methyl sites for hydroxylation is 1. The Morgan fingerprint density at radius 2 is 2.00 bits per heavy atom. The molecule has 170 valence electrons. The predicted molar refractivity (Wildman–Crippen MR) is 128 cm³/mol.